The minimum absolute atomic E-state index is 0.277. The highest BCUT2D eigenvalue weighted by atomic mass is 16.5. The highest BCUT2D eigenvalue weighted by Gasteiger charge is 2.08. The maximum absolute atomic E-state index is 11.6. The summed E-state index contributed by atoms with van der Waals surface area (Å²) in [4.78, 5) is 11.6. The Morgan fingerprint density at radius 3 is 2.79 bits per heavy atom. The molecule has 3 heteroatoms. The van der Waals surface area contributed by atoms with Gasteiger partial charge in [0, 0.05) is 18.3 Å². The number of rotatable bonds is 6. The van der Waals surface area contributed by atoms with E-state index in [0.717, 1.165) is 12.1 Å². The molecule has 19 heavy (non-hydrogen) atoms. The number of esters is 1. The number of hydrogen-bond donors (Lipinski definition) is 0. The Hall–Kier alpha value is -1.77. The van der Waals surface area contributed by atoms with E-state index < -0.39 is 0 Å². The first-order valence-electron chi connectivity index (χ1n) is 6.93. The monoisotopic (exact) mass is 259 g/mol. The number of carbonyl (C=O) groups is 1. The van der Waals surface area contributed by atoms with Gasteiger partial charge < -0.3 is 9.30 Å². The van der Waals surface area contributed by atoms with E-state index in [1.165, 1.54) is 38.2 Å². The number of aromatic nitrogens is 1. The molecule has 1 aromatic heterocycles. The second-order valence-electron chi connectivity index (χ2n) is 4.83. The lowest BCUT2D eigenvalue weighted by Gasteiger charge is -2.06. The number of unbranched alkanes of at least 4 members (excludes halogenated alkanes) is 3. The minimum Gasteiger partial charge on any atom is -0.465 e. The molecular formula is C16H21NO2. The zero-order valence-electron chi connectivity index (χ0n) is 11.7. The molecule has 0 atom stereocenters. The smallest absolute Gasteiger partial charge is 0.337 e. The molecule has 0 radical (unpaired) electrons. The largest absolute Gasteiger partial charge is 0.465 e. The third kappa shape index (κ3) is 3.16. The molecule has 1 aromatic carbocycles. The fourth-order valence-electron chi connectivity index (χ4n) is 2.33. The number of fused-ring (bicyclic) bond motifs is 1. The molecule has 0 amide bonds. The average molecular weight is 259 g/mol. The number of benzene rings is 1. The Morgan fingerprint density at radius 2 is 2.05 bits per heavy atom. The van der Waals surface area contributed by atoms with Crippen LogP contribution in [-0.2, 0) is 11.3 Å². The highest BCUT2D eigenvalue weighted by Crippen LogP contribution is 2.19. The number of hydrogen-bond acceptors (Lipinski definition) is 2. The van der Waals surface area contributed by atoms with Crippen molar-refractivity contribution >= 4 is 16.9 Å². The molecule has 0 fully saturated rings. The van der Waals surface area contributed by atoms with Crippen LogP contribution in [0.2, 0.25) is 0 Å². The summed E-state index contributed by atoms with van der Waals surface area (Å²) in [5.74, 6) is -0.277. The number of aryl methyl sites for hydroxylation is 1. The molecule has 0 unspecified atom stereocenters. The molecule has 3 nitrogen and oxygen atoms in total. The lowest BCUT2D eigenvalue weighted by molar-refractivity contribution is 0.0601. The standard InChI is InChI=1S/C16H21NO2/c1-3-4-5-6-10-17-11-9-13-7-8-14(12-15(13)17)16(18)19-2/h7-9,11-12H,3-6,10H2,1-2H3. The van der Waals surface area contributed by atoms with Gasteiger partial charge in [0.2, 0.25) is 0 Å². The Labute approximate surface area is 114 Å². The Kier molecular flexibility index (Phi) is 4.61. The molecule has 0 saturated carbocycles. The van der Waals surface area contributed by atoms with E-state index in [9.17, 15) is 4.79 Å². The number of ether oxygens (including phenoxy) is 1. The summed E-state index contributed by atoms with van der Waals surface area (Å²) in [6.07, 6.45) is 7.07. The summed E-state index contributed by atoms with van der Waals surface area (Å²) in [5, 5.41) is 1.17. The highest BCUT2D eigenvalue weighted by molar-refractivity contribution is 5.94. The second-order valence-corrected chi connectivity index (χ2v) is 4.83. The molecule has 0 aliphatic rings. The molecule has 0 aliphatic heterocycles. The first-order chi connectivity index (χ1) is 9.26. The van der Waals surface area contributed by atoms with Crippen LogP contribution in [0.5, 0.6) is 0 Å². The van der Waals surface area contributed by atoms with Crippen molar-refractivity contribution in [3.63, 3.8) is 0 Å². The third-order valence-corrected chi connectivity index (χ3v) is 3.45. The van der Waals surface area contributed by atoms with Crippen molar-refractivity contribution < 1.29 is 9.53 Å². The summed E-state index contributed by atoms with van der Waals surface area (Å²) in [6.45, 7) is 3.22. The summed E-state index contributed by atoms with van der Waals surface area (Å²) < 4.78 is 6.99. The molecular weight excluding hydrogens is 238 g/mol. The van der Waals surface area contributed by atoms with Crippen molar-refractivity contribution in [1.82, 2.24) is 4.57 Å². The van der Waals surface area contributed by atoms with E-state index in [1.54, 1.807) is 0 Å². The van der Waals surface area contributed by atoms with Crippen LogP contribution in [0.4, 0.5) is 0 Å². The fraction of sp³-hybridized carbons (Fsp3) is 0.438. The zero-order chi connectivity index (χ0) is 13.7. The average Bonchev–Trinajstić information content (AvgIpc) is 2.85. The van der Waals surface area contributed by atoms with Gasteiger partial charge in [-0.15, -0.1) is 0 Å². The summed E-state index contributed by atoms with van der Waals surface area (Å²) in [6, 6.07) is 7.80. The van der Waals surface area contributed by atoms with Gasteiger partial charge in [-0.3, -0.25) is 0 Å². The van der Waals surface area contributed by atoms with Crippen LogP contribution < -0.4 is 0 Å². The summed E-state index contributed by atoms with van der Waals surface area (Å²) >= 11 is 0. The van der Waals surface area contributed by atoms with Crippen molar-refractivity contribution in [3.05, 3.63) is 36.0 Å². The quantitative estimate of drug-likeness (QED) is 0.580. The van der Waals surface area contributed by atoms with Crippen LogP contribution in [0.1, 0.15) is 43.0 Å². The normalized spacial score (nSPS) is 10.8. The number of carbonyl (C=O) groups excluding carboxylic acids is 1. The van der Waals surface area contributed by atoms with Gasteiger partial charge in [-0.2, -0.15) is 0 Å². The molecule has 0 saturated heterocycles. The Bertz CT molecular complexity index is 557. The van der Waals surface area contributed by atoms with Gasteiger partial charge in [0.15, 0.2) is 0 Å². The van der Waals surface area contributed by atoms with Crippen LogP contribution in [0.15, 0.2) is 30.5 Å². The topological polar surface area (TPSA) is 31.2 Å². The molecule has 0 bridgehead atoms. The molecule has 0 aliphatic carbocycles. The van der Waals surface area contributed by atoms with Gasteiger partial charge >= 0.3 is 5.97 Å². The zero-order valence-corrected chi connectivity index (χ0v) is 11.7. The van der Waals surface area contributed by atoms with Crippen LogP contribution >= 0.6 is 0 Å². The van der Waals surface area contributed by atoms with Gasteiger partial charge in [0.25, 0.3) is 0 Å². The first-order valence-corrected chi connectivity index (χ1v) is 6.93. The second kappa shape index (κ2) is 6.41. The lowest BCUT2D eigenvalue weighted by Crippen LogP contribution is -2.02. The van der Waals surface area contributed by atoms with Crippen molar-refractivity contribution in [2.24, 2.45) is 0 Å². The SMILES string of the molecule is CCCCCCn1ccc2ccc(C(=O)OC)cc21. The van der Waals surface area contributed by atoms with Crippen LogP contribution in [0, 0.1) is 0 Å². The van der Waals surface area contributed by atoms with Crippen LogP contribution in [0.25, 0.3) is 10.9 Å². The van der Waals surface area contributed by atoms with Gasteiger partial charge in [0.1, 0.15) is 0 Å². The van der Waals surface area contributed by atoms with E-state index >= 15 is 0 Å². The van der Waals surface area contributed by atoms with E-state index in [4.69, 9.17) is 4.74 Å². The summed E-state index contributed by atoms with van der Waals surface area (Å²) in [7, 11) is 1.41. The fourth-order valence-corrected chi connectivity index (χ4v) is 2.33. The molecule has 0 spiro atoms. The molecule has 2 aromatic rings. The van der Waals surface area contributed by atoms with Crippen LogP contribution in [0.3, 0.4) is 0 Å². The number of methoxy groups -OCH3 is 1. The number of nitrogens with zero attached hydrogens (tertiary/aromatic N) is 1. The van der Waals surface area contributed by atoms with Gasteiger partial charge in [-0.1, -0.05) is 32.3 Å². The first kappa shape index (κ1) is 13.7. The summed E-state index contributed by atoms with van der Waals surface area (Å²) in [5.41, 5.74) is 1.72. The van der Waals surface area contributed by atoms with E-state index in [1.807, 2.05) is 18.2 Å². The maximum Gasteiger partial charge on any atom is 0.337 e. The third-order valence-electron chi connectivity index (χ3n) is 3.45. The molecule has 2 rings (SSSR count). The van der Waals surface area contributed by atoms with E-state index in [2.05, 4.69) is 23.8 Å². The maximum atomic E-state index is 11.6. The minimum atomic E-state index is -0.277. The van der Waals surface area contributed by atoms with Crippen molar-refractivity contribution in [1.29, 1.82) is 0 Å². The van der Waals surface area contributed by atoms with Gasteiger partial charge in [-0.05, 0) is 30.0 Å². The Morgan fingerprint density at radius 1 is 1.21 bits per heavy atom. The lowest BCUT2D eigenvalue weighted by atomic mass is 10.1. The van der Waals surface area contributed by atoms with E-state index in [-0.39, 0.29) is 5.97 Å². The van der Waals surface area contributed by atoms with Crippen molar-refractivity contribution in [2.45, 2.75) is 39.2 Å². The molecule has 1 heterocycles. The molecule has 0 N–H and O–H groups in total. The molecule has 102 valence electrons. The van der Waals surface area contributed by atoms with E-state index in [0.29, 0.717) is 5.56 Å². The predicted molar refractivity (Wildman–Crippen MR) is 77.4 cm³/mol. The predicted octanol–water partition coefficient (Wildman–Crippen LogP) is 4.01. The Balaban J connectivity index is 2.17. The van der Waals surface area contributed by atoms with Gasteiger partial charge in [-0.25, -0.2) is 4.79 Å². The van der Waals surface area contributed by atoms with Crippen molar-refractivity contribution in [2.75, 3.05) is 7.11 Å². The van der Waals surface area contributed by atoms with Gasteiger partial charge in [0.05, 0.1) is 12.7 Å². The van der Waals surface area contributed by atoms with Crippen molar-refractivity contribution in [3.8, 4) is 0 Å². The van der Waals surface area contributed by atoms with Crippen LogP contribution in [-0.4, -0.2) is 17.6 Å².